The molecule has 6 aromatic carbocycles. The Labute approximate surface area is 351 Å². The maximum absolute atomic E-state index is 12.4. The van der Waals surface area contributed by atoms with Crippen molar-refractivity contribution in [3.63, 3.8) is 0 Å². The Balaban J connectivity index is 0.00000143. The molecule has 0 spiro atoms. The average Bonchev–Trinajstić information content (AvgIpc) is 3.28. The van der Waals surface area contributed by atoms with Crippen LogP contribution in [0.2, 0.25) is 0 Å². The molecule has 0 bridgehead atoms. The molecule has 0 aliphatic rings. The fourth-order valence-corrected chi connectivity index (χ4v) is 8.29. The molecule has 58 heavy (non-hydrogen) atoms. The standard InChI is InChI=1S/C48H54O4.3C2H6/c1-4-26-51-27-28-52-42(32-35(5-2)48(49)50)33-41(47-45-23-13-10-19-38(45)30-39-20-11-14-24-46(39)47)31-40(29-34(3)36-16-7-6-8-17-36)44-25-15-21-37-18-9-12-22-43(37)44;3*1-2/h6-25,30,34-35,40-42H,4-5,26-29,31-33H2,1-3H3,(H,49,50);3*1-2H3. The number of carboxylic acid groups (broad SMARTS) is 1. The van der Waals surface area contributed by atoms with Gasteiger partial charge in [-0.3, -0.25) is 4.79 Å². The Morgan fingerprint density at radius 2 is 1.12 bits per heavy atom. The maximum atomic E-state index is 12.4. The molecule has 0 saturated heterocycles. The third kappa shape index (κ3) is 13.3. The third-order valence-corrected chi connectivity index (χ3v) is 10.9. The lowest BCUT2D eigenvalue weighted by molar-refractivity contribution is -0.143. The van der Waals surface area contributed by atoms with Crippen LogP contribution in [-0.4, -0.2) is 37.0 Å². The Morgan fingerprint density at radius 1 is 0.569 bits per heavy atom. The Morgan fingerprint density at radius 3 is 1.71 bits per heavy atom. The molecule has 0 aliphatic carbocycles. The van der Waals surface area contributed by atoms with Gasteiger partial charge in [-0.25, -0.2) is 0 Å². The van der Waals surface area contributed by atoms with Gasteiger partial charge in [0, 0.05) is 6.61 Å². The van der Waals surface area contributed by atoms with Crippen molar-refractivity contribution in [2.24, 2.45) is 5.92 Å². The minimum absolute atomic E-state index is 0.0933. The second kappa shape index (κ2) is 26.5. The molecular formula is C54H72O4. The van der Waals surface area contributed by atoms with Gasteiger partial charge >= 0.3 is 5.97 Å². The van der Waals surface area contributed by atoms with Crippen molar-refractivity contribution in [3.8, 4) is 0 Å². The molecule has 312 valence electrons. The number of fused-ring (bicyclic) bond motifs is 3. The van der Waals surface area contributed by atoms with E-state index in [-0.39, 0.29) is 17.9 Å². The first-order valence-electron chi connectivity index (χ1n) is 22.3. The molecule has 0 amide bonds. The van der Waals surface area contributed by atoms with Crippen LogP contribution in [-0.2, 0) is 14.3 Å². The number of hydrogen-bond donors (Lipinski definition) is 1. The lowest BCUT2D eigenvalue weighted by Gasteiger charge is -2.32. The summed E-state index contributed by atoms with van der Waals surface area (Å²) in [5.74, 6) is -0.557. The lowest BCUT2D eigenvalue weighted by Crippen LogP contribution is -2.26. The normalized spacial score (nSPS) is 13.5. The summed E-state index contributed by atoms with van der Waals surface area (Å²) < 4.78 is 12.5. The summed E-state index contributed by atoms with van der Waals surface area (Å²) in [7, 11) is 0. The van der Waals surface area contributed by atoms with Gasteiger partial charge in [0.1, 0.15) is 0 Å². The van der Waals surface area contributed by atoms with E-state index in [0.29, 0.717) is 38.6 Å². The third-order valence-electron chi connectivity index (χ3n) is 10.9. The number of ether oxygens (including phenoxy) is 2. The van der Waals surface area contributed by atoms with E-state index in [2.05, 4.69) is 141 Å². The van der Waals surface area contributed by atoms with Crippen LogP contribution in [0.25, 0.3) is 32.3 Å². The first kappa shape index (κ1) is 47.9. The number of rotatable bonds is 19. The van der Waals surface area contributed by atoms with Crippen molar-refractivity contribution < 1.29 is 19.4 Å². The van der Waals surface area contributed by atoms with Crippen molar-refractivity contribution in [3.05, 3.63) is 144 Å². The highest BCUT2D eigenvalue weighted by Crippen LogP contribution is 2.45. The minimum atomic E-state index is -0.754. The van der Waals surface area contributed by atoms with Gasteiger partial charge in [-0.1, -0.05) is 184 Å². The second-order valence-electron chi connectivity index (χ2n) is 14.5. The van der Waals surface area contributed by atoms with Crippen LogP contribution in [0.15, 0.2) is 127 Å². The highest BCUT2D eigenvalue weighted by molar-refractivity contribution is 6.02. The van der Waals surface area contributed by atoms with Crippen LogP contribution in [0.4, 0.5) is 0 Å². The molecule has 0 aliphatic heterocycles. The van der Waals surface area contributed by atoms with Gasteiger partial charge in [0.2, 0.25) is 0 Å². The summed E-state index contributed by atoms with van der Waals surface area (Å²) in [6.45, 7) is 20.1. The largest absolute Gasteiger partial charge is 0.481 e. The van der Waals surface area contributed by atoms with E-state index in [1.165, 1.54) is 49.0 Å². The molecule has 0 fully saturated rings. The molecule has 6 aromatic rings. The van der Waals surface area contributed by atoms with Crippen molar-refractivity contribution >= 4 is 38.3 Å². The van der Waals surface area contributed by atoms with Gasteiger partial charge in [0.15, 0.2) is 0 Å². The van der Waals surface area contributed by atoms with Crippen molar-refractivity contribution in [2.45, 2.75) is 125 Å². The second-order valence-corrected chi connectivity index (χ2v) is 14.5. The summed E-state index contributed by atoms with van der Waals surface area (Å²) in [6.07, 6.45) is 4.35. The van der Waals surface area contributed by atoms with Crippen LogP contribution in [0.3, 0.4) is 0 Å². The highest BCUT2D eigenvalue weighted by Gasteiger charge is 2.30. The molecule has 4 heteroatoms. The van der Waals surface area contributed by atoms with Crippen molar-refractivity contribution in [2.75, 3.05) is 19.8 Å². The summed E-state index contributed by atoms with van der Waals surface area (Å²) in [4.78, 5) is 12.4. The number of carbonyl (C=O) groups is 1. The van der Waals surface area contributed by atoms with Crippen LogP contribution < -0.4 is 0 Å². The molecule has 1 N–H and O–H groups in total. The molecule has 0 heterocycles. The quantitative estimate of drug-likeness (QED) is 0.0656. The van der Waals surface area contributed by atoms with E-state index in [1.807, 2.05) is 48.5 Å². The molecule has 6 rings (SSSR count). The van der Waals surface area contributed by atoms with Gasteiger partial charge in [-0.05, 0) is 111 Å². The first-order chi connectivity index (χ1) is 28.5. The van der Waals surface area contributed by atoms with Crippen molar-refractivity contribution in [1.29, 1.82) is 0 Å². The number of hydrogen-bond acceptors (Lipinski definition) is 3. The topological polar surface area (TPSA) is 55.8 Å². The molecule has 0 aromatic heterocycles. The van der Waals surface area contributed by atoms with E-state index in [1.54, 1.807) is 0 Å². The van der Waals surface area contributed by atoms with Gasteiger partial charge in [0.25, 0.3) is 0 Å². The van der Waals surface area contributed by atoms with Gasteiger partial charge in [-0.2, -0.15) is 0 Å². The van der Waals surface area contributed by atoms with Crippen LogP contribution in [0.1, 0.15) is 135 Å². The molecule has 4 nitrogen and oxygen atoms in total. The molecular weight excluding hydrogens is 713 g/mol. The monoisotopic (exact) mass is 785 g/mol. The number of carboxylic acids is 1. The van der Waals surface area contributed by atoms with Crippen LogP contribution in [0, 0.1) is 5.92 Å². The Bertz CT molecular complexity index is 1980. The SMILES string of the molecule is CC.CC.CC.CCCOCCOC(CC(CC)C(=O)O)CC(CC(CC(C)c1ccccc1)c1cccc2ccccc12)c1c2ccccc2cc2ccccc12. The first-order valence-corrected chi connectivity index (χ1v) is 22.3. The number of aliphatic carboxylic acids is 1. The average molecular weight is 785 g/mol. The zero-order valence-electron chi connectivity index (χ0n) is 37.0. The van der Waals surface area contributed by atoms with Crippen LogP contribution in [0.5, 0.6) is 0 Å². The Kier molecular flexibility index (Phi) is 21.9. The van der Waals surface area contributed by atoms with E-state index in [4.69, 9.17) is 9.47 Å². The zero-order valence-corrected chi connectivity index (χ0v) is 37.0. The molecule has 0 saturated carbocycles. The van der Waals surface area contributed by atoms with E-state index in [9.17, 15) is 9.90 Å². The minimum Gasteiger partial charge on any atom is -0.481 e. The fourth-order valence-electron chi connectivity index (χ4n) is 8.29. The van der Waals surface area contributed by atoms with Gasteiger partial charge < -0.3 is 14.6 Å². The zero-order chi connectivity index (χ0) is 42.3. The highest BCUT2D eigenvalue weighted by atomic mass is 16.5. The van der Waals surface area contributed by atoms with E-state index < -0.39 is 11.9 Å². The molecule has 0 radical (unpaired) electrons. The summed E-state index contributed by atoms with van der Waals surface area (Å²) in [5, 5.41) is 17.7. The molecule has 5 atom stereocenters. The van der Waals surface area contributed by atoms with Gasteiger partial charge in [0.05, 0.1) is 25.2 Å². The smallest absolute Gasteiger partial charge is 0.306 e. The van der Waals surface area contributed by atoms with E-state index in [0.717, 1.165) is 25.7 Å². The Hall–Kier alpha value is -4.51. The fraction of sp³-hybridized carbons (Fsp3) is 0.426. The summed E-state index contributed by atoms with van der Waals surface area (Å²) >= 11 is 0. The van der Waals surface area contributed by atoms with Crippen molar-refractivity contribution in [1.82, 2.24) is 0 Å². The maximum Gasteiger partial charge on any atom is 0.306 e. The lowest BCUT2D eigenvalue weighted by atomic mass is 9.74. The van der Waals surface area contributed by atoms with Gasteiger partial charge in [-0.15, -0.1) is 0 Å². The molecule has 5 unspecified atom stereocenters. The number of benzene rings is 6. The summed E-state index contributed by atoms with van der Waals surface area (Å²) in [6, 6.07) is 46.2. The summed E-state index contributed by atoms with van der Waals surface area (Å²) in [5.41, 5.74) is 4.06. The predicted octanol–water partition coefficient (Wildman–Crippen LogP) is 15.4. The van der Waals surface area contributed by atoms with Crippen LogP contribution >= 0.6 is 0 Å². The van der Waals surface area contributed by atoms with E-state index >= 15 is 0 Å². The predicted molar refractivity (Wildman–Crippen MR) is 251 cm³/mol.